The van der Waals surface area contributed by atoms with E-state index in [1.54, 1.807) is 19.2 Å². The molecule has 0 bridgehead atoms. The number of carboxylic acid groups (broad SMARTS) is 1. The number of amides is 1. The topological polar surface area (TPSA) is 79.7 Å². The van der Waals surface area contributed by atoms with Gasteiger partial charge in [-0.15, -0.1) is 0 Å². The molecule has 6 nitrogen and oxygen atoms in total. The van der Waals surface area contributed by atoms with Gasteiger partial charge in [0.1, 0.15) is 0 Å². The summed E-state index contributed by atoms with van der Waals surface area (Å²) in [4.78, 5) is 31.0. The molecular formula is C22H27ClN2O4. The SMILES string of the molecule is CCOC(=O)C1(C(C)(C)C)CN(C(=O)O)CCC1c1ccnc2cc(Cl)ccc12. The fourth-order valence-electron chi connectivity index (χ4n) is 4.59. The maximum atomic E-state index is 13.4. The molecule has 1 N–H and O–H groups in total. The Kier molecular flexibility index (Phi) is 5.77. The van der Waals surface area contributed by atoms with E-state index in [0.717, 1.165) is 16.5 Å². The molecule has 2 heterocycles. The Labute approximate surface area is 175 Å². The highest BCUT2D eigenvalue weighted by Gasteiger charge is 2.59. The lowest BCUT2D eigenvalue weighted by atomic mass is 9.55. The van der Waals surface area contributed by atoms with Gasteiger partial charge in [0.2, 0.25) is 0 Å². The van der Waals surface area contributed by atoms with E-state index in [9.17, 15) is 14.7 Å². The Hall–Kier alpha value is -2.34. The van der Waals surface area contributed by atoms with Gasteiger partial charge in [0.15, 0.2) is 0 Å². The molecule has 2 aromatic rings. The molecule has 29 heavy (non-hydrogen) atoms. The first-order valence-electron chi connectivity index (χ1n) is 9.81. The Morgan fingerprint density at radius 3 is 2.69 bits per heavy atom. The van der Waals surface area contributed by atoms with Gasteiger partial charge >= 0.3 is 12.1 Å². The largest absolute Gasteiger partial charge is 0.465 e. The van der Waals surface area contributed by atoms with E-state index < -0.39 is 16.9 Å². The third kappa shape index (κ3) is 3.66. The van der Waals surface area contributed by atoms with Crippen LogP contribution in [0.25, 0.3) is 10.9 Å². The van der Waals surface area contributed by atoms with Gasteiger partial charge in [-0.05, 0) is 42.5 Å². The van der Waals surface area contributed by atoms with Crippen molar-refractivity contribution in [2.24, 2.45) is 10.8 Å². The van der Waals surface area contributed by atoms with Crippen molar-refractivity contribution < 1.29 is 19.4 Å². The minimum absolute atomic E-state index is 0.0900. The quantitative estimate of drug-likeness (QED) is 0.713. The second-order valence-corrected chi connectivity index (χ2v) is 8.99. The molecule has 2 unspecified atom stereocenters. The smallest absolute Gasteiger partial charge is 0.407 e. The Morgan fingerprint density at radius 2 is 2.07 bits per heavy atom. The summed E-state index contributed by atoms with van der Waals surface area (Å²) in [5.41, 5.74) is 0.148. The number of carbonyl (C=O) groups excluding carboxylic acids is 1. The van der Waals surface area contributed by atoms with Crippen molar-refractivity contribution in [3.63, 3.8) is 0 Å². The van der Waals surface area contributed by atoms with Gasteiger partial charge in [0, 0.05) is 35.6 Å². The molecule has 0 radical (unpaired) electrons. The van der Waals surface area contributed by atoms with Gasteiger partial charge in [0.05, 0.1) is 17.5 Å². The molecule has 3 rings (SSSR count). The van der Waals surface area contributed by atoms with Crippen LogP contribution in [0.2, 0.25) is 5.02 Å². The van der Waals surface area contributed by atoms with Crippen LogP contribution in [0.15, 0.2) is 30.5 Å². The van der Waals surface area contributed by atoms with Crippen LogP contribution in [-0.2, 0) is 9.53 Å². The number of nitrogens with zero attached hydrogens (tertiary/aromatic N) is 2. The first kappa shape index (κ1) is 21.4. The van der Waals surface area contributed by atoms with E-state index in [1.165, 1.54) is 4.90 Å². The molecular weight excluding hydrogens is 392 g/mol. The standard InChI is InChI=1S/C22H27ClN2O4/c1-5-29-19(26)22(21(2,3)4)13-25(20(27)28)11-9-17(22)15-8-10-24-18-12-14(23)6-7-16(15)18/h6-8,10,12,17H,5,9,11,13H2,1-4H3,(H,27,28). The van der Waals surface area contributed by atoms with Crippen LogP contribution in [0, 0.1) is 10.8 Å². The summed E-state index contributed by atoms with van der Waals surface area (Å²) in [5.74, 6) is -0.578. The summed E-state index contributed by atoms with van der Waals surface area (Å²) < 4.78 is 5.53. The minimum Gasteiger partial charge on any atom is -0.465 e. The van der Waals surface area contributed by atoms with Crippen LogP contribution >= 0.6 is 11.6 Å². The zero-order valence-corrected chi connectivity index (χ0v) is 18.0. The van der Waals surface area contributed by atoms with E-state index in [0.29, 0.717) is 18.0 Å². The number of piperidine rings is 1. The highest BCUT2D eigenvalue weighted by Crippen LogP contribution is 2.55. The van der Waals surface area contributed by atoms with E-state index in [4.69, 9.17) is 16.3 Å². The third-order valence-corrected chi connectivity index (χ3v) is 6.32. The molecule has 1 saturated heterocycles. The highest BCUT2D eigenvalue weighted by molar-refractivity contribution is 6.31. The van der Waals surface area contributed by atoms with Gasteiger partial charge < -0.3 is 14.7 Å². The number of halogens is 1. The lowest BCUT2D eigenvalue weighted by Crippen LogP contribution is -2.59. The van der Waals surface area contributed by atoms with Crippen molar-refractivity contribution in [3.8, 4) is 0 Å². The fraction of sp³-hybridized carbons (Fsp3) is 0.500. The van der Waals surface area contributed by atoms with Crippen molar-refractivity contribution in [2.45, 2.75) is 40.0 Å². The van der Waals surface area contributed by atoms with Gasteiger partial charge in [-0.2, -0.15) is 0 Å². The number of fused-ring (bicyclic) bond motifs is 1. The Bertz CT molecular complexity index is 940. The van der Waals surface area contributed by atoms with Gasteiger partial charge in [-0.3, -0.25) is 9.78 Å². The van der Waals surface area contributed by atoms with Gasteiger partial charge in [-0.1, -0.05) is 38.4 Å². The lowest BCUT2D eigenvalue weighted by Gasteiger charge is -2.52. The average Bonchev–Trinajstić information content (AvgIpc) is 2.65. The number of aromatic nitrogens is 1. The van der Waals surface area contributed by atoms with Crippen molar-refractivity contribution in [3.05, 3.63) is 41.0 Å². The van der Waals surface area contributed by atoms with Crippen molar-refractivity contribution in [1.82, 2.24) is 9.88 Å². The third-order valence-electron chi connectivity index (χ3n) is 6.09. The monoisotopic (exact) mass is 418 g/mol. The summed E-state index contributed by atoms with van der Waals surface area (Å²) in [6.07, 6.45) is 1.22. The summed E-state index contributed by atoms with van der Waals surface area (Å²) >= 11 is 6.15. The predicted molar refractivity (Wildman–Crippen MR) is 112 cm³/mol. The van der Waals surface area contributed by atoms with Crippen molar-refractivity contribution in [1.29, 1.82) is 0 Å². The minimum atomic E-state index is -1.03. The van der Waals surface area contributed by atoms with E-state index in [-0.39, 0.29) is 25.0 Å². The number of esters is 1. The van der Waals surface area contributed by atoms with Crippen LogP contribution in [0.1, 0.15) is 45.6 Å². The average molecular weight is 419 g/mol. The van der Waals surface area contributed by atoms with Crippen LogP contribution < -0.4 is 0 Å². The predicted octanol–water partition coefficient (Wildman–Crippen LogP) is 4.95. The lowest BCUT2D eigenvalue weighted by molar-refractivity contribution is -0.170. The molecule has 0 saturated carbocycles. The van der Waals surface area contributed by atoms with Gasteiger partial charge in [-0.25, -0.2) is 4.79 Å². The summed E-state index contributed by atoms with van der Waals surface area (Å²) in [6, 6.07) is 7.46. The molecule has 1 aliphatic heterocycles. The molecule has 2 atom stereocenters. The van der Waals surface area contributed by atoms with Crippen molar-refractivity contribution in [2.75, 3.05) is 19.7 Å². The van der Waals surface area contributed by atoms with Crippen LogP contribution in [0.3, 0.4) is 0 Å². The van der Waals surface area contributed by atoms with Gasteiger partial charge in [0.25, 0.3) is 0 Å². The number of rotatable bonds is 3. The summed E-state index contributed by atoms with van der Waals surface area (Å²) in [5, 5.41) is 11.2. The normalized spacial score (nSPS) is 22.5. The maximum absolute atomic E-state index is 13.4. The highest BCUT2D eigenvalue weighted by atomic mass is 35.5. The molecule has 1 aromatic heterocycles. The first-order valence-corrected chi connectivity index (χ1v) is 10.2. The Morgan fingerprint density at radius 1 is 1.34 bits per heavy atom. The number of benzene rings is 1. The molecule has 0 spiro atoms. The van der Waals surface area contributed by atoms with E-state index in [2.05, 4.69) is 4.98 Å². The summed E-state index contributed by atoms with van der Waals surface area (Å²) in [7, 11) is 0. The van der Waals surface area contributed by atoms with Crippen molar-refractivity contribution >= 4 is 34.6 Å². The van der Waals surface area contributed by atoms with E-state index >= 15 is 0 Å². The molecule has 156 valence electrons. The number of hydrogen-bond acceptors (Lipinski definition) is 4. The number of ether oxygens (including phenoxy) is 1. The fourth-order valence-corrected chi connectivity index (χ4v) is 4.75. The maximum Gasteiger partial charge on any atom is 0.407 e. The Balaban J connectivity index is 2.25. The number of hydrogen-bond donors (Lipinski definition) is 1. The zero-order chi connectivity index (χ0) is 21.4. The second-order valence-electron chi connectivity index (χ2n) is 8.55. The van der Waals surface area contributed by atoms with Crippen LogP contribution in [-0.4, -0.2) is 46.7 Å². The first-order chi connectivity index (χ1) is 13.6. The number of carbonyl (C=O) groups is 2. The molecule has 1 aliphatic rings. The molecule has 7 heteroatoms. The van der Waals surface area contributed by atoms with Crippen LogP contribution in [0.5, 0.6) is 0 Å². The summed E-state index contributed by atoms with van der Waals surface area (Å²) in [6.45, 7) is 8.38. The number of likely N-dealkylation sites (tertiary alicyclic amines) is 1. The van der Waals surface area contributed by atoms with Crippen LogP contribution in [0.4, 0.5) is 4.79 Å². The molecule has 1 aromatic carbocycles. The zero-order valence-electron chi connectivity index (χ0n) is 17.2. The molecule has 1 amide bonds. The molecule has 1 fully saturated rings. The second kappa shape index (κ2) is 7.82. The van der Waals surface area contributed by atoms with E-state index in [1.807, 2.05) is 39.0 Å². The molecule has 0 aliphatic carbocycles. The number of pyridine rings is 1.